The second kappa shape index (κ2) is 4.61. The molecule has 0 saturated heterocycles. The lowest BCUT2D eigenvalue weighted by molar-refractivity contribution is -0.149. The zero-order valence-electron chi connectivity index (χ0n) is 9.96. The molecule has 2 N–H and O–H groups in total. The molecule has 96 valence electrons. The van der Waals surface area contributed by atoms with Crippen LogP contribution in [0.15, 0.2) is 36.4 Å². The highest BCUT2D eigenvalue weighted by molar-refractivity contribution is 5.84. The summed E-state index contributed by atoms with van der Waals surface area (Å²) in [5, 5.41) is 1.72. The van der Waals surface area contributed by atoms with E-state index in [-0.39, 0.29) is 5.56 Å². The number of alkyl halides is 3. The summed E-state index contributed by atoms with van der Waals surface area (Å²) in [6, 6.07) is 8.51. The zero-order valence-corrected chi connectivity index (χ0v) is 9.96. The van der Waals surface area contributed by atoms with Crippen molar-refractivity contribution in [1.29, 1.82) is 0 Å². The maximum absolute atomic E-state index is 12.6. The van der Waals surface area contributed by atoms with E-state index < -0.39 is 12.2 Å². The quantitative estimate of drug-likeness (QED) is 0.861. The van der Waals surface area contributed by atoms with Crippen LogP contribution in [0.5, 0.6) is 0 Å². The van der Waals surface area contributed by atoms with E-state index >= 15 is 0 Å². The lowest BCUT2D eigenvalue weighted by Gasteiger charge is -2.16. The summed E-state index contributed by atoms with van der Waals surface area (Å²) in [6.07, 6.45) is -3.55. The van der Waals surface area contributed by atoms with Crippen molar-refractivity contribution >= 4 is 10.8 Å². The maximum atomic E-state index is 12.6. The number of nitrogens with two attached hydrogens (primary N) is 1. The van der Waals surface area contributed by atoms with Gasteiger partial charge in [0, 0.05) is 0 Å². The Bertz CT molecular complexity index is 560. The van der Waals surface area contributed by atoms with Crippen molar-refractivity contribution in [3.8, 4) is 0 Å². The third-order valence-corrected chi connectivity index (χ3v) is 3.05. The Kier molecular flexibility index (Phi) is 3.30. The Hall–Kier alpha value is -1.55. The molecule has 0 aliphatic heterocycles. The van der Waals surface area contributed by atoms with Crippen molar-refractivity contribution in [3.05, 3.63) is 47.5 Å². The summed E-state index contributed by atoms with van der Waals surface area (Å²) < 4.78 is 37.7. The summed E-state index contributed by atoms with van der Waals surface area (Å²) in [4.78, 5) is 0. The number of rotatable bonds is 2. The van der Waals surface area contributed by atoms with E-state index in [0.29, 0.717) is 0 Å². The van der Waals surface area contributed by atoms with Gasteiger partial charge in [0.1, 0.15) is 6.04 Å². The standard InChI is InChI=1S/C14H14F3N/c1-2-9-3-4-10-5-6-11(8-12(10)7-9)13(18)14(15,16)17/h3-8,13H,2,18H2,1H3/t13-/m0/s1. The molecule has 0 radical (unpaired) electrons. The van der Waals surface area contributed by atoms with E-state index in [1.54, 1.807) is 6.07 Å². The number of halogens is 3. The fourth-order valence-electron chi connectivity index (χ4n) is 1.92. The molecule has 2 rings (SSSR count). The monoisotopic (exact) mass is 253 g/mol. The Morgan fingerprint density at radius 3 is 2.33 bits per heavy atom. The minimum absolute atomic E-state index is 0.100. The van der Waals surface area contributed by atoms with Crippen LogP contribution in [-0.2, 0) is 6.42 Å². The minimum atomic E-state index is -4.41. The Balaban J connectivity index is 2.48. The normalized spacial score (nSPS) is 13.8. The van der Waals surface area contributed by atoms with Crippen LogP contribution in [0.25, 0.3) is 10.8 Å². The van der Waals surface area contributed by atoms with Crippen LogP contribution >= 0.6 is 0 Å². The third kappa shape index (κ3) is 2.48. The van der Waals surface area contributed by atoms with Crippen LogP contribution in [0.1, 0.15) is 24.1 Å². The molecule has 0 amide bonds. The Morgan fingerprint density at radius 2 is 1.72 bits per heavy atom. The van der Waals surface area contributed by atoms with Gasteiger partial charge in [-0.15, -0.1) is 0 Å². The number of benzene rings is 2. The van der Waals surface area contributed by atoms with Gasteiger partial charge in [0.2, 0.25) is 0 Å². The number of hydrogen-bond donors (Lipinski definition) is 1. The zero-order chi connectivity index (χ0) is 13.3. The molecular formula is C14H14F3N. The van der Waals surface area contributed by atoms with Crippen molar-refractivity contribution < 1.29 is 13.2 Å². The van der Waals surface area contributed by atoms with Gasteiger partial charge in [0.25, 0.3) is 0 Å². The highest BCUT2D eigenvalue weighted by atomic mass is 19.4. The van der Waals surface area contributed by atoms with E-state index in [9.17, 15) is 13.2 Å². The molecule has 0 heterocycles. The van der Waals surface area contributed by atoms with Crippen molar-refractivity contribution in [2.24, 2.45) is 5.73 Å². The van der Waals surface area contributed by atoms with E-state index in [4.69, 9.17) is 5.73 Å². The summed E-state index contributed by atoms with van der Waals surface area (Å²) in [5.74, 6) is 0. The predicted octanol–water partition coefficient (Wildman–Crippen LogP) is 3.96. The van der Waals surface area contributed by atoms with Gasteiger partial charge in [-0.3, -0.25) is 0 Å². The first kappa shape index (κ1) is 12.9. The fraction of sp³-hybridized carbons (Fsp3) is 0.286. The third-order valence-electron chi connectivity index (χ3n) is 3.05. The van der Waals surface area contributed by atoms with Crippen molar-refractivity contribution in [1.82, 2.24) is 0 Å². The van der Waals surface area contributed by atoms with E-state index in [0.717, 1.165) is 22.8 Å². The van der Waals surface area contributed by atoms with Gasteiger partial charge < -0.3 is 5.73 Å². The van der Waals surface area contributed by atoms with Crippen LogP contribution in [0.3, 0.4) is 0 Å². The molecule has 2 aromatic rings. The second-order valence-electron chi connectivity index (χ2n) is 4.31. The maximum Gasteiger partial charge on any atom is 0.407 e. The fourth-order valence-corrected chi connectivity index (χ4v) is 1.92. The first-order valence-electron chi connectivity index (χ1n) is 5.76. The molecule has 2 aromatic carbocycles. The summed E-state index contributed by atoms with van der Waals surface area (Å²) in [7, 11) is 0. The molecule has 0 aliphatic carbocycles. The molecule has 0 spiro atoms. The predicted molar refractivity (Wildman–Crippen MR) is 66.3 cm³/mol. The smallest absolute Gasteiger partial charge is 0.316 e. The number of hydrogen-bond acceptors (Lipinski definition) is 1. The van der Waals surface area contributed by atoms with Gasteiger partial charge in [-0.25, -0.2) is 0 Å². The number of fused-ring (bicyclic) bond motifs is 1. The van der Waals surface area contributed by atoms with E-state index in [1.165, 1.54) is 12.1 Å². The first-order valence-corrected chi connectivity index (χ1v) is 5.76. The molecule has 0 aromatic heterocycles. The van der Waals surface area contributed by atoms with Crippen LogP contribution in [0.4, 0.5) is 13.2 Å². The van der Waals surface area contributed by atoms with Crippen LogP contribution in [0.2, 0.25) is 0 Å². The molecule has 0 saturated carbocycles. The van der Waals surface area contributed by atoms with Gasteiger partial charge in [0.05, 0.1) is 0 Å². The largest absolute Gasteiger partial charge is 0.407 e. The topological polar surface area (TPSA) is 26.0 Å². The minimum Gasteiger partial charge on any atom is -0.316 e. The van der Waals surface area contributed by atoms with Crippen LogP contribution < -0.4 is 5.73 Å². The van der Waals surface area contributed by atoms with Crippen LogP contribution in [-0.4, -0.2) is 6.18 Å². The average molecular weight is 253 g/mol. The molecule has 0 aliphatic rings. The molecule has 4 heteroatoms. The SMILES string of the molecule is CCc1ccc2ccc([C@H](N)C(F)(F)F)cc2c1. The Labute approximate surface area is 103 Å². The van der Waals surface area contributed by atoms with Crippen molar-refractivity contribution in [2.45, 2.75) is 25.6 Å². The van der Waals surface area contributed by atoms with E-state index in [2.05, 4.69) is 0 Å². The van der Waals surface area contributed by atoms with Gasteiger partial charge in [-0.05, 0) is 34.4 Å². The Morgan fingerprint density at radius 1 is 1.06 bits per heavy atom. The van der Waals surface area contributed by atoms with Crippen LogP contribution in [0, 0.1) is 0 Å². The molecule has 0 fully saturated rings. The van der Waals surface area contributed by atoms with Gasteiger partial charge >= 0.3 is 6.18 Å². The molecule has 1 nitrogen and oxygen atoms in total. The van der Waals surface area contributed by atoms with Gasteiger partial charge in [0.15, 0.2) is 0 Å². The lowest BCUT2D eigenvalue weighted by atomic mass is 10.00. The lowest BCUT2D eigenvalue weighted by Crippen LogP contribution is -2.28. The molecule has 0 unspecified atom stereocenters. The molecule has 18 heavy (non-hydrogen) atoms. The molecular weight excluding hydrogens is 239 g/mol. The number of aryl methyl sites for hydroxylation is 1. The first-order chi connectivity index (χ1) is 8.41. The van der Waals surface area contributed by atoms with Gasteiger partial charge in [-0.2, -0.15) is 13.2 Å². The summed E-state index contributed by atoms with van der Waals surface area (Å²) in [5.41, 5.74) is 6.41. The summed E-state index contributed by atoms with van der Waals surface area (Å²) >= 11 is 0. The average Bonchev–Trinajstić information content (AvgIpc) is 2.35. The summed E-state index contributed by atoms with van der Waals surface area (Å²) in [6.45, 7) is 2.01. The van der Waals surface area contributed by atoms with Crippen molar-refractivity contribution in [2.75, 3.05) is 0 Å². The van der Waals surface area contributed by atoms with E-state index in [1.807, 2.05) is 25.1 Å². The highest BCUT2D eigenvalue weighted by Crippen LogP contribution is 2.32. The second-order valence-corrected chi connectivity index (χ2v) is 4.31. The molecule has 1 atom stereocenters. The molecule has 0 bridgehead atoms. The van der Waals surface area contributed by atoms with Gasteiger partial charge in [-0.1, -0.05) is 37.3 Å². The van der Waals surface area contributed by atoms with Crippen molar-refractivity contribution in [3.63, 3.8) is 0 Å². The highest BCUT2D eigenvalue weighted by Gasteiger charge is 2.37.